The van der Waals surface area contributed by atoms with Crippen LogP contribution in [-0.2, 0) is 11.2 Å². The minimum Gasteiger partial charge on any atom is -0.356 e. The number of hydrogen-bond donors (Lipinski definition) is 1. The molecule has 0 atom stereocenters. The first-order valence-electron chi connectivity index (χ1n) is 6.48. The van der Waals surface area contributed by atoms with Gasteiger partial charge in [-0.05, 0) is 30.0 Å². The normalized spacial score (nSPS) is 10.2. The predicted molar refractivity (Wildman–Crippen MR) is 78.8 cm³/mol. The molecule has 4 nitrogen and oxygen atoms in total. The largest absolute Gasteiger partial charge is 0.356 e. The summed E-state index contributed by atoms with van der Waals surface area (Å²) in [5, 5.41) is 4.85. The van der Waals surface area contributed by atoms with Gasteiger partial charge in [0.2, 0.25) is 5.91 Å². The lowest BCUT2D eigenvalue weighted by Crippen LogP contribution is -2.25. The third-order valence-corrected chi connectivity index (χ3v) is 3.77. The molecule has 0 radical (unpaired) electrons. The molecule has 0 saturated heterocycles. The lowest BCUT2D eigenvalue weighted by atomic mass is 10.1. The van der Waals surface area contributed by atoms with Crippen LogP contribution in [0.25, 0.3) is 0 Å². The van der Waals surface area contributed by atoms with Crippen molar-refractivity contribution in [1.82, 2.24) is 10.3 Å². The highest BCUT2D eigenvalue weighted by molar-refractivity contribution is 7.09. The van der Waals surface area contributed by atoms with Crippen LogP contribution in [0.15, 0.2) is 42.0 Å². The van der Waals surface area contributed by atoms with E-state index in [9.17, 15) is 9.59 Å². The monoisotopic (exact) mass is 288 g/mol. The smallest absolute Gasteiger partial charge is 0.220 e. The molecule has 2 heterocycles. The maximum Gasteiger partial charge on any atom is 0.220 e. The Labute approximate surface area is 121 Å². The van der Waals surface area contributed by atoms with E-state index in [-0.39, 0.29) is 24.5 Å². The molecule has 2 rings (SSSR count). The molecule has 0 aliphatic rings. The van der Waals surface area contributed by atoms with E-state index in [0.717, 1.165) is 6.42 Å². The van der Waals surface area contributed by atoms with Crippen LogP contribution in [0.5, 0.6) is 0 Å². The number of amides is 1. The second kappa shape index (κ2) is 7.55. The minimum atomic E-state index is -0.0844. The Morgan fingerprint density at radius 3 is 2.80 bits per heavy atom. The van der Waals surface area contributed by atoms with Gasteiger partial charge in [0.05, 0.1) is 0 Å². The first-order valence-corrected chi connectivity index (χ1v) is 7.36. The summed E-state index contributed by atoms with van der Waals surface area (Å²) in [6, 6.07) is 7.47. The highest BCUT2D eigenvalue weighted by Gasteiger charge is 2.09. The van der Waals surface area contributed by atoms with E-state index in [1.165, 1.54) is 11.1 Å². The number of thiophene rings is 1. The second-order valence-electron chi connectivity index (χ2n) is 4.34. The summed E-state index contributed by atoms with van der Waals surface area (Å²) >= 11 is 1.68. The zero-order chi connectivity index (χ0) is 14.2. The molecule has 0 saturated carbocycles. The van der Waals surface area contributed by atoms with Gasteiger partial charge in [0.15, 0.2) is 5.78 Å². The van der Waals surface area contributed by atoms with Crippen LogP contribution in [-0.4, -0.2) is 23.2 Å². The average molecular weight is 288 g/mol. The van der Waals surface area contributed by atoms with Gasteiger partial charge >= 0.3 is 0 Å². The number of carbonyl (C=O) groups is 2. The van der Waals surface area contributed by atoms with E-state index in [1.54, 1.807) is 29.7 Å². The van der Waals surface area contributed by atoms with Crippen molar-refractivity contribution in [2.24, 2.45) is 0 Å². The summed E-state index contributed by atoms with van der Waals surface area (Å²) in [7, 11) is 0. The van der Waals surface area contributed by atoms with Crippen molar-refractivity contribution >= 4 is 23.0 Å². The molecule has 1 amide bonds. The summed E-state index contributed by atoms with van der Waals surface area (Å²) in [5.41, 5.74) is 0.555. The van der Waals surface area contributed by atoms with Gasteiger partial charge in [-0.3, -0.25) is 14.6 Å². The van der Waals surface area contributed by atoms with Crippen LogP contribution in [0, 0.1) is 0 Å². The molecular weight excluding hydrogens is 272 g/mol. The molecule has 0 aliphatic heterocycles. The van der Waals surface area contributed by atoms with Crippen LogP contribution in [0.3, 0.4) is 0 Å². The van der Waals surface area contributed by atoms with E-state index < -0.39 is 0 Å². The Bertz CT molecular complexity index is 553. The topological polar surface area (TPSA) is 59.1 Å². The van der Waals surface area contributed by atoms with Gasteiger partial charge in [-0.2, -0.15) is 0 Å². The Morgan fingerprint density at radius 2 is 2.10 bits per heavy atom. The second-order valence-corrected chi connectivity index (χ2v) is 5.38. The summed E-state index contributed by atoms with van der Waals surface area (Å²) in [4.78, 5) is 28.6. The van der Waals surface area contributed by atoms with Gasteiger partial charge in [-0.25, -0.2) is 0 Å². The van der Waals surface area contributed by atoms with Gasteiger partial charge in [0.1, 0.15) is 0 Å². The Balaban J connectivity index is 1.66. The fourth-order valence-corrected chi connectivity index (χ4v) is 2.48. The van der Waals surface area contributed by atoms with Crippen molar-refractivity contribution in [2.45, 2.75) is 19.3 Å². The maximum absolute atomic E-state index is 11.8. The number of aromatic nitrogens is 1. The Morgan fingerprint density at radius 1 is 1.20 bits per heavy atom. The van der Waals surface area contributed by atoms with E-state index in [1.807, 2.05) is 17.5 Å². The molecule has 0 fully saturated rings. The number of hydrogen-bond acceptors (Lipinski definition) is 4. The van der Waals surface area contributed by atoms with Gasteiger partial charge in [0.25, 0.3) is 0 Å². The zero-order valence-corrected chi connectivity index (χ0v) is 11.9. The quantitative estimate of drug-likeness (QED) is 0.796. The highest BCUT2D eigenvalue weighted by Crippen LogP contribution is 2.08. The molecule has 2 aromatic rings. The van der Waals surface area contributed by atoms with E-state index in [2.05, 4.69) is 10.3 Å². The van der Waals surface area contributed by atoms with Crippen molar-refractivity contribution in [3.05, 3.63) is 52.5 Å². The first-order chi connectivity index (χ1) is 9.75. The third-order valence-electron chi connectivity index (χ3n) is 2.84. The molecule has 0 unspecified atom stereocenters. The number of pyridine rings is 1. The van der Waals surface area contributed by atoms with Crippen molar-refractivity contribution in [3.8, 4) is 0 Å². The lowest BCUT2D eigenvalue weighted by Gasteiger charge is -2.04. The highest BCUT2D eigenvalue weighted by atomic mass is 32.1. The Hall–Kier alpha value is -2.01. The van der Waals surface area contributed by atoms with Crippen molar-refractivity contribution < 1.29 is 9.59 Å². The Kier molecular flexibility index (Phi) is 5.43. The predicted octanol–water partition coefficient (Wildman–Crippen LogP) is 2.46. The van der Waals surface area contributed by atoms with Crippen molar-refractivity contribution in [2.75, 3.05) is 6.54 Å². The molecular formula is C15H16N2O2S. The molecule has 20 heavy (non-hydrogen) atoms. The van der Waals surface area contributed by atoms with Crippen LogP contribution < -0.4 is 5.32 Å². The van der Waals surface area contributed by atoms with Crippen LogP contribution in [0.1, 0.15) is 28.1 Å². The van der Waals surface area contributed by atoms with E-state index in [4.69, 9.17) is 0 Å². The lowest BCUT2D eigenvalue weighted by molar-refractivity contribution is -0.121. The molecule has 1 N–H and O–H groups in total. The van der Waals surface area contributed by atoms with Gasteiger partial charge in [0, 0.05) is 42.2 Å². The number of rotatable bonds is 7. The standard InChI is InChI=1S/C15H16N2O2S/c18-14(12-3-1-8-16-11-12)5-6-15(19)17-9-7-13-4-2-10-20-13/h1-4,8,10-11H,5-7,9H2,(H,17,19). The number of ketones is 1. The van der Waals surface area contributed by atoms with Gasteiger partial charge in [-0.15, -0.1) is 11.3 Å². The first kappa shape index (κ1) is 14.4. The molecule has 2 aromatic heterocycles. The minimum absolute atomic E-state index is 0.0495. The maximum atomic E-state index is 11.8. The molecule has 104 valence electrons. The number of nitrogens with one attached hydrogen (secondary N) is 1. The van der Waals surface area contributed by atoms with Crippen LogP contribution in [0.2, 0.25) is 0 Å². The number of Topliss-reactive ketones (excluding diaryl/α,β-unsaturated/α-hetero) is 1. The molecule has 0 spiro atoms. The molecule has 0 aromatic carbocycles. The summed E-state index contributed by atoms with van der Waals surface area (Å²) in [6.45, 7) is 0.612. The molecule has 0 bridgehead atoms. The fraction of sp³-hybridized carbons (Fsp3) is 0.267. The average Bonchev–Trinajstić information content (AvgIpc) is 2.99. The van der Waals surface area contributed by atoms with Crippen molar-refractivity contribution in [1.29, 1.82) is 0 Å². The number of carbonyl (C=O) groups excluding carboxylic acids is 2. The zero-order valence-electron chi connectivity index (χ0n) is 11.0. The van der Waals surface area contributed by atoms with Gasteiger partial charge < -0.3 is 5.32 Å². The number of nitrogens with zero attached hydrogens (tertiary/aromatic N) is 1. The van der Waals surface area contributed by atoms with Gasteiger partial charge in [-0.1, -0.05) is 6.07 Å². The SMILES string of the molecule is O=C(CCC(=O)c1cccnc1)NCCc1cccs1. The molecule has 0 aliphatic carbocycles. The molecule has 5 heteroatoms. The van der Waals surface area contributed by atoms with Crippen LogP contribution in [0.4, 0.5) is 0 Å². The van der Waals surface area contributed by atoms with Crippen LogP contribution >= 0.6 is 11.3 Å². The summed E-state index contributed by atoms with van der Waals surface area (Å²) in [5.74, 6) is -0.134. The summed E-state index contributed by atoms with van der Waals surface area (Å²) in [6.07, 6.45) is 4.42. The summed E-state index contributed by atoms with van der Waals surface area (Å²) < 4.78 is 0. The third kappa shape index (κ3) is 4.59. The van der Waals surface area contributed by atoms with E-state index >= 15 is 0 Å². The van der Waals surface area contributed by atoms with E-state index in [0.29, 0.717) is 12.1 Å². The fourth-order valence-electron chi connectivity index (χ4n) is 1.77. The van der Waals surface area contributed by atoms with Crippen molar-refractivity contribution in [3.63, 3.8) is 0 Å².